The normalized spacial score (nSPS) is 11.7. The van der Waals surface area contributed by atoms with Crippen molar-refractivity contribution in [3.05, 3.63) is 77.9 Å². The van der Waals surface area contributed by atoms with Gasteiger partial charge in [-0.25, -0.2) is 8.42 Å². The van der Waals surface area contributed by atoms with Gasteiger partial charge in [0.25, 0.3) is 10.0 Å². The molecule has 25 heavy (non-hydrogen) atoms. The van der Waals surface area contributed by atoms with E-state index < -0.39 is 10.0 Å². The zero-order valence-electron chi connectivity index (χ0n) is 13.0. The van der Waals surface area contributed by atoms with Crippen molar-refractivity contribution in [2.45, 2.75) is 4.90 Å². The van der Waals surface area contributed by atoms with Crippen molar-refractivity contribution in [1.82, 2.24) is 4.98 Å². The fraction of sp³-hybridized carbons (Fsp3) is 0. The van der Waals surface area contributed by atoms with E-state index in [0.717, 1.165) is 21.7 Å². The van der Waals surface area contributed by atoms with Crippen molar-refractivity contribution in [2.75, 3.05) is 4.72 Å². The molecule has 0 saturated carbocycles. The van der Waals surface area contributed by atoms with Gasteiger partial charge in [0.05, 0.1) is 16.1 Å². The molecule has 4 rings (SSSR count). The second-order valence-corrected chi connectivity index (χ2v) is 7.72. The molecule has 0 radical (unpaired) electrons. The van der Waals surface area contributed by atoms with Crippen LogP contribution in [-0.4, -0.2) is 13.4 Å². The summed E-state index contributed by atoms with van der Waals surface area (Å²) in [4.78, 5) is 4.59. The summed E-state index contributed by atoms with van der Waals surface area (Å²) in [5, 5.41) is 3.27. The molecule has 1 N–H and O–H groups in total. The average molecular weight is 369 g/mol. The lowest BCUT2D eigenvalue weighted by atomic mass is 10.1. The topological polar surface area (TPSA) is 59.1 Å². The fourth-order valence-corrected chi connectivity index (χ4v) is 4.00. The molecule has 3 aromatic carbocycles. The van der Waals surface area contributed by atoms with E-state index in [1.165, 1.54) is 12.1 Å². The smallest absolute Gasteiger partial charge is 0.261 e. The lowest BCUT2D eigenvalue weighted by Gasteiger charge is -2.11. The van der Waals surface area contributed by atoms with Crippen LogP contribution in [0, 0.1) is 0 Å². The summed E-state index contributed by atoms with van der Waals surface area (Å²) in [6.45, 7) is 0. The molecule has 124 valence electrons. The van der Waals surface area contributed by atoms with Crippen LogP contribution in [0.25, 0.3) is 21.7 Å². The Morgan fingerprint density at radius 1 is 0.840 bits per heavy atom. The Balaban J connectivity index is 1.84. The second kappa shape index (κ2) is 6.02. The largest absolute Gasteiger partial charge is 0.279 e. The number of nitrogens with zero attached hydrogens (tertiary/aromatic N) is 1. The number of nitrogens with one attached hydrogen (secondary N) is 1. The molecular formula is C19H13ClN2O2S. The first-order valence-corrected chi connectivity index (χ1v) is 9.45. The van der Waals surface area contributed by atoms with Crippen LogP contribution in [0.4, 0.5) is 5.69 Å². The molecule has 0 aliphatic carbocycles. The fourth-order valence-electron chi connectivity index (χ4n) is 2.79. The number of fused-ring (bicyclic) bond motifs is 3. The van der Waals surface area contributed by atoms with E-state index in [2.05, 4.69) is 9.71 Å². The maximum absolute atomic E-state index is 12.6. The van der Waals surface area contributed by atoms with Crippen molar-refractivity contribution < 1.29 is 8.42 Å². The first-order chi connectivity index (χ1) is 12.0. The van der Waals surface area contributed by atoms with E-state index in [0.29, 0.717) is 10.7 Å². The molecule has 0 atom stereocenters. The van der Waals surface area contributed by atoms with E-state index in [4.69, 9.17) is 11.6 Å². The van der Waals surface area contributed by atoms with Crippen LogP contribution in [0.15, 0.2) is 77.8 Å². The molecular weight excluding hydrogens is 356 g/mol. The van der Waals surface area contributed by atoms with E-state index in [1.807, 2.05) is 36.4 Å². The van der Waals surface area contributed by atoms with Gasteiger partial charge in [0.15, 0.2) is 0 Å². The van der Waals surface area contributed by atoms with E-state index in [1.54, 1.807) is 24.4 Å². The second-order valence-electron chi connectivity index (χ2n) is 5.60. The Kier molecular flexibility index (Phi) is 3.82. The molecule has 1 heterocycles. The third-order valence-electron chi connectivity index (χ3n) is 4.00. The minimum Gasteiger partial charge on any atom is -0.279 e. The Bertz CT molecular complexity index is 1190. The van der Waals surface area contributed by atoms with Gasteiger partial charge in [-0.05, 0) is 35.7 Å². The lowest BCUT2D eigenvalue weighted by Crippen LogP contribution is -2.13. The third-order valence-corrected chi connectivity index (χ3v) is 5.64. The van der Waals surface area contributed by atoms with Crippen LogP contribution in [0.2, 0.25) is 5.02 Å². The van der Waals surface area contributed by atoms with Gasteiger partial charge in [-0.2, -0.15) is 0 Å². The summed E-state index contributed by atoms with van der Waals surface area (Å²) < 4.78 is 27.9. The number of aromatic nitrogens is 1. The number of halogens is 1. The Hall–Kier alpha value is -2.63. The van der Waals surface area contributed by atoms with Gasteiger partial charge in [0.2, 0.25) is 0 Å². The summed E-state index contributed by atoms with van der Waals surface area (Å²) in [7, 11) is -3.71. The van der Waals surface area contributed by atoms with Gasteiger partial charge in [0.1, 0.15) is 0 Å². The Morgan fingerprint density at radius 3 is 2.40 bits per heavy atom. The molecule has 1 aromatic heterocycles. The maximum atomic E-state index is 12.6. The number of anilines is 1. The predicted molar refractivity (Wildman–Crippen MR) is 102 cm³/mol. The SMILES string of the molecule is O=S(=O)(Nc1ccnc2c1ccc1ccccc12)c1ccc(Cl)cc1. The predicted octanol–water partition coefficient (Wildman–Crippen LogP) is 4.84. The summed E-state index contributed by atoms with van der Waals surface area (Å²) >= 11 is 5.83. The van der Waals surface area contributed by atoms with E-state index in [9.17, 15) is 8.42 Å². The minimum absolute atomic E-state index is 0.155. The van der Waals surface area contributed by atoms with Gasteiger partial charge in [-0.15, -0.1) is 0 Å². The van der Waals surface area contributed by atoms with Crippen molar-refractivity contribution in [1.29, 1.82) is 0 Å². The molecule has 0 bridgehead atoms. The summed E-state index contributed by atoms with van der Waals surface area (Å²) in [5.41, 5.74) is 1.25. The van der Waals surface area contributed by atoms with E-state index in [-0.39, 0.29) is 4.90 Å². The summed E-state index contributed by atoms with van der Waals surface area (Å²) in [6.07, 6.45) is 1.61. The van der Waals surface area contributed by atoms with Crippen molar-refractivity contribution in [2.24, 2.45) is 0 Å². The Labute approximate surface area is 150 Å². The van der Waals surface area contributed by atoms with Crippen LogP contribution in [0.5, 0.6) is 0 Å². The zero-order valence-corrected chi connectivity index (χ0v) is 14.6. The number of hydrogen-bond donors (Lipinski definition) is 1. The Morgan fingerprint density at radius 2 is 1.60 bits per heavy atom. The number of hydrogen-bond acceptors (Lipinski definition) is 3. The van der Waals surface area contributed by atoms with Gasteiger partial charge in [0, 0.05) is 22.0 Å². The third kappa shape index (κ3) is 2.92. The van der Waals surface area contributed by atoms with Gasteiger partial charge >= 0.3 is 0 Å². The van der Waals surface area contributed by atoms with Crippen LogP contribution in [-0.2, 0) is 10.0 Å². The molecule has 0 aliphatic rings. The highest BCUT2D eigenvalue weighted by Crippen LogP contribution is 2.30. The van der Waals surface area contributed by atoms with Gasteiger partial charge in [-0.3, -0.25) is 9.71 Å². The first-order valence-electron chi connectivity index (χ1n) is 7.59. The van der Waals surface area contributed by atoms with Crippen molar-refractivity contribution in [3.8, 4) is 0 Å². The molecule has 0 amide bonds. The molecule has 0 fully saturated rings. The van der Waals surface area contributed by atoms with Gasteiger partial charge in [-0.1, -0.05) is 48.0 Å². The molecule has 6 heteroatoms. The minimum atomic E-state index is -3.71. The number of pyridine rings is 1. The summed E-state index contributed by atoms with van der Waals surface area (Å²) in [6, 6.07) is 19.4. The van der Waals surface area contributed by atoms with E-state index >= 15 is 0 Å². The molecule has 0 spiro atoms. The van der Waals surface area contributed by atoms with Crippen LogP contribution >= 0.6 is 11.6 Å². The quantitative estimate of drug-likeness (QED) is 0.526. The number of rotatable bonds is 3. The molecule has 4 aromatic rings. The summed E-state index contributed by atoms with van der Waals surface area (Å²) in [5.74, 6) is 0. The highest BCUT2D eigenvalue weighted by atomic mass is 35.5. The molecule has 0 unspecified atom stereocenters. The highest BCUT2D eigenvalue weighted by Gasteiger charge is 2.16. The van der Waals surface area contributed by atoms with Crippen molar-refractivity contribution >= 4 is 49.0 Å². The zero-order chi connectivity index (χ0) is 17.4. The maximum Gasteiger partial charge on any atom is 0.261 e. The van der Waals surface area contributed by atoms with Crippen LogP contribution in [0.1, 0.15) is 0 Å². The standard InChI is InChI=1S/C19H13ClN2O2S/c20-14-6-8-15(9-7-14)25(23,24)22-18-11-12-21-19-16-4-2-1-3-13(16)5-10-17(18)19/h1-12H,(H,21,22). The van der Waals surface area contributed by atoms with Gasteiger partial charge < -0.3 is 0 Å². The molecule has 0 saturated heterocycles. The van der Waals surface area contributed by atoms with Crippen LogP contribution in [0.3, 0.4) is 0 Å². The monoisotopic (exact) mass is 368 g/mol. The number of benzene rings is 3. The lowest BCUT2D eigenvalue weighted by molar-refractivity contribution is 0.601. The highest BCUT2D eigenvalue weighted by molar-refractivity contribution is 7.92. The molecule has 0 aliphatic heterocycles. The number of sulfonamides is 1. The average Bonchev–Trinajstić information content (AvgIpc) is 2.62. The first kappa shape index (κ1) is 15.9. The van der Waals surface area contributed by atoms with Crippen LogP contribution < -0.4 is 4.72 Å². The van der Waals surface area contributed by atoms with Crippen molar-refractivity contribution in [3.63, 3.8) is 0 Å². The molecule has 4 nitrogen and oxygen atoms in total.